The van der Waals surface area contributed by atoms with E-state index in [4.69, 9.17) is 9.47 Å². The summed E-state index contributed by atoms with van der Waals surface area (Å²) < 4.78 is 15.9. The smallest absolute Gasteiger partial charge is 0.328 e. The first-order valence-corrected chi connectivity index (χ1v) is 10.4. The molecule has 0 saturated carbocycles. The molecule has 0 unspecified atom stereocenters. The first-order chi connectivity index (χ1) is 14.8. The summed E-state index contributed by atoms with van der Waals surface area (Å²) in [5.41, 5.74) is 2.87. The Hall–Kier alpha value is -3.26. The van der Waals surface area contributed by atoms with Gasteiger partial charge in [0.25, 0.3) is 11.1 Å². The van der Waals surface area contributed by atoms with Crippen molar-refractivity contribution >= 4 is 35.0 Å². The standard InChI is InChI=1S/C23H23NO6S/c1-14-5-7-16(8-6-14)13-30-18-10-9-17(11-19(18)28-3)12-20-21(25)24(23(27)31-20)15(2)22(26)29-4/h5-12,15H,13H2,1-4H3/b20-12+/t15-/m1/s1. The van der Waals surface area contributed by atoms with Crippen LogP contribution in [0.25, 0.3) is 6.08 Å². The molecule has 0 aromatic heterocycles. The fraction of sp³-hybridized carbons (Fsp3) is 0.261. The zero-order valence-electron chi connectivity index (χ0n) is 17.7. The highest BCUT2D eigenvalue weighted by molar-refractivity contribution is 8.18. The fourth-order valence-electron chi connectivity index (χ4n) is 2.98. The van der Waals surface area contributed by atoms with Crippen LogP contribution in [-0.2, 0) is 20.9 Å². The number of carbonyl (C=O) groups is 3. The Morgan fingerprint density at radius 3 is 2.45 bits per heavy atom. The molecular weight excluding hydrogens is 418 g/mol. The van der Waals surface area contributed by atoms with E-state index < -0.39 is 23.2 Å². The predicted octanol–water partition coefficient (Wildman–Crippen LogP) is 4.18. The van der Waals surface area contributed by atoms with Crippen LogP contribution in [-0.4, -0.2) is 42.3 Å². The van der Waals surface area contributed by atoms with Crippen molar-refractivity contribution in [1.29, 1.82) is 0 Å². The number of ether oxygens (including phenoxy) is 3. The number of amides is 2. The number of aryl methyl sites for hydroxylation is 1. The lowest BCUT2D eigenvalue weighted by atomic mass is 10.1. The van der Waals surface area contributed by atoms with Crippen LogP contribution in [0.1, 0.15) is 23.6 Å². The van der Waals surface area contributed by atoms with Crippen LogP contribution in [0.2, 0.25) is 0 Å². The molecule has 1 heterocycles. The van der Waals surface area contributed by atoms with Crippen LogP contribution in [0.15, 0.2) is 47.4 Å². The molecule has 1 atom stereocenters. The number of rotatable bonds is 7. The van der Waals surface area contributed by atoms with Gasteiger partial charge in [0, 0.05) is 0 Å². The molecular formula is C23H23NO6S. The van der Waals surface area contributed by atoms with Crippen LogP contribution >= 0.6 is 11.8 Å². The van der Waals surface area contributed by atoms with Gasteiger partial charge in [-0.1, -0.05) is 35.9 Å². The van der Waals surface area contributed by atoms with Crippen LogP contribution in [0, 0.1) is 6.92 Å². The van der Waals surface area contributed by atoms with Gasteiger partial charge < -0.3 is 14.2 Å². The van der Waals surface area contributed by atoms with Crippen LogP contribution < -0.4 is 9.47 Å². The molecule has 2 aromatic rings. The highest BCUT2D eigenvalue weighted by Gasteiger charge is 2.41. The Kier molecular flexibility index (Phi) is 7.02. The molecule has 2 amide bonds. The Morgan fingerprint density at radius 2 is 1.81 bits per heavy atom. The molecule has 31 heavy (non-hydrogen) atoms. The van der Waals surface area contributed by atoms with Gasteiger partial charge in [0.05, 0.1) is 19.1 Å². The summed E-state index contributed by atoms with van der Waals surface area (Å²) in [5, 5.41) is -0.515. The van der Waals surface area contributed by atoms with Crippen molar-refractivity contribution in [2.45, 2.75) is 26.5 Å². The highest BCUT2D eigenvalue weighted by atomic mass is 32.2. The molecule has 1 fully saturated rings. The van der Waals surface area contributed by atoms with E-state index >= 15 is 0 Å². The van der Waals surface area contributed by atoms with Crippen molar-refractivity contribution in [2.24, 2.45) is 0 Å². The molecule has 0 radical (unpaired) electrons. The summed E-state index contributed by atoms with van der Waals surface area (Å²) in [6.45, 7) is 3.87. The maximum atomic E-state index is 12.6. The molecule has 0 aliphatic carbocycles. The molecule has 2 aromatic carbocycles. The summed E-state index contributed by atoms with van der Waals surface area (Å²) in [5.74, 6) is -0.123. The maximum absolute atomic E-state index is 12.6. The summed E-state index contributed by atoms with van der Waals surface area (Å²) in [4.78, 5) is 37.7. The van der Waals surface area contributed by atoms with Crippen molar-refractivity contribution in [3.05, 3.63) is 64.1 Å². The lowest BCUT2D eigenvalue weighted by molar-refractivity contribution is -0.148. The second-order valence-electron chi connectivity index (χ2n) is 6.94. The minimum atomic E-state index is -0.990. The van der Waals surface area contributed by atoms with E-state index in [9.17, 15) is 14.4 Å². The molecule has 3 rings (SSSR count). The third-order valence-electron chi connectivity index (χ3n) is 4.75. The highest BCUT2D eigenvalue weighted by Crippen LogP contribution is 2.35. The molecule has 1 aliphatic heterocycles. The van der Waals surface area contributed by atoms with Crippen LogP contribution in [0.4, 0.5) is 4.79 Å². The van der Waals surface area contributed by atoms with Gasteiger partial charge in [-0.15, -0.1) is 0 Å². The molecule has 0 bridgehead atoms. The van der Waals surface area contributed by atoms with Crippen molar-refractivity contribution in [2.75, 3.05) is 14.2 Å². The van der Waals surface area contributed by atoms with E-state index in [1.165, 1.54) is 26.7 Å². The number of benzene rings is 2. The molecule has 1 saturated heterocycles. The summed E-state index contributed by atoms with van der Waals surface area (Å²) >= 11 is 0.778. The average molecular weight is 442 g/mol. The third-order valence-corrected chi connectivity index (χ3v) is 5.64. The quantitative estimate of drug-likeness (QED) is 0.471. The number of thioether (sulfide) groups is 1. The monoisotopic (exact) mass is 441 g/mol. The fourth-order valence-corrected chi connectivity index (χ4v) is 3.89. The number of nitrogens with zero attached hydrogens (tertiary/aromatic N) is 1. The van der Waals surface area contributed by atoms with Gasteiger partial charge in [-0.05, 0) is 54.9 Å². The first kappa shape index (κ1) is 22.4. The van der Waals surface area contributed by atoms with E-state index in [0.717, 1.165) is 22.2 Å². The van der Waals surface area contributed by atoms with Gasteiger partial charge in [0.15, 0.2) is 11.5 Å². The number of hydrogen-bond acceptors (Lipinski definition) is 7. The minimum Gasteiger partial charge on any atom is -0.493 e. The Labute approximate surface area is 185 Å². The van der Waals surface area contributed by atoms with Crippen LogP contribution in [0.5, 0.6) is 11.5 Å². The van der Waals surface area contributed by atoms with E-state index in [0.29, 0.717) is 23.7 Å². The molecule has 1 aliphatic rings. The summed E-state index contributed by atoms with van der Waals surface area (Å²) in [6, 6.07) is 12.3. The first-order valence-electron chi connectivity index (χ1n) is 9.55. The summed E-state index contributed by atoms with van der Waals surface area (Å²) in [7, 11) is 2.74. The van der Waals surface area contributed by atoms with Crippen molar-refractivity contribution in [3.8, 4) is 11.5 Å². The lowest BCUT2D eigenvalue weighted by Crippen LogP contribution is -2.42. The zero-order valence-corrected chi connectivity index (χ0v) is 18.5. The molecule has 0 spiro atoms. The SMILES string of the molecule is COC(=O)[C@@H](C)N1C(=O)S/C(=C/c2ccc(OCc3ccc(C)cc3)c(OC)c2)C1=O. The zero-order chi connectivity index (χ0) is 22.5. The van der Waals surface area contributed by atoms with Crippen molar-refractivity contribution in [1.82, 2.24) is 4.90 Å². The number of hydrogen-bond donors (Lipinski definition) is 0. The van der Waals surface area contributed by atoms with E-state index in [1.54, 1.807) is 24.3 Å². The largest absolute Gasteiger partial charge is 0.493 e. The summed E-state index contributed by atoms with van der Waals surface area (Å²) in [6.07, 6.45) is 1.58. The molecule has 8 heteroatoms. The average Bonchev–Trinajstić information content (AvgIpc) is 3.05. The van der Waals surface area contributed by atoms with Crippen LogP contribution in [0.3, 0.4) is 0 Å². The van der Waals surface area contributed by atoms with Gasteiger partial charge in [-0.25, -0.2) is 4.79 Å². The lowest BCUT2D eigenvalue weighted by Gasteiger charge is -2.18. The second-order valence-corrected chi connectivity index (χ2v) is 7.93. The molecule has 0 N–H and O–H groups in total. The van der Waals surface area contributed by atoms with Gasteiger partial charge in [0.2, 0.25) is 0 Å². The van der Waals surface area contributed by atoms with E-state index in [-0.39, 0.29) is 4.91 Å². The number of imide groups is 1. The third kappa shape index (κ3) is 5.08. The Balaban J connectivity index is 1.76. The van der Waals surface area contributed by atoms with Gasteiger partial charge in [0.1, 0.15) is 12.6 Å². The Bertz CT molecular complexity index is 1030. The topological polar surface area (TPSA) is 82.1 Å². The van der Waals surface area contributed by atoms with Gasteiger partial charge in [-0.3, -0.25) is 14.5 Å². The van der Waals surface area contributed by atoms with E-state index in [2.05, 4.69) is 4.74 Å². The Morgan fingerprint density at radius 1 is 1.10 bits per heavy atom. The van der Waals surface area contributed by atoms with Gasteiger partial charge in [-0.2, -0.15) is 0 Å². The predicted molar refractivity (Wildman–Crippen MR) is 118 cm³/mol. The number of carbonyl (C=O) groups excluding carboxylic acids is 3. The van der Waals surface area contributed by atoms with Gasteiger partial charge >= 0.3 is 5.97 Å². The molecule has 7 nitrogen and oxygen atoms in total. The molecule has 162 valence electrons. The van der Waals surface area contributed by atoms with Crippen molar-refractivity contribution < 1.29 is 28.6 Å². The maximum Gasteiger partial charge on any atom is 0.328 e. The number of esters is 1. The minimum absolute atomic E-state index is 0.219. The normalized spacial score (nSPS) is 15.9. The van der Waals surface area contributed by atoms with E-state index in [1.807, 2.05) is 31.2 Å². The van der Waals surface area contributed by atoms with Crippen molar-refractivity contribution in [3.63, 3.8) is 0 Å². The second kappa shape index (κ2) is 9.70. The number of methoxy groups -OCH3 is 2.